The maximum absolute atomic E-state index is 5.11. The zero-order valence-electron chi connectivity index (χ0n) is 6.20. The van der Waals surface area contributed by atoms with Crippen molar-refractivity contribution in [3.8, 4) is 11.1 Å². The van der Waals surface area contributed by atoms with Crippen molar-refractivity contribution in [1.29, 1.82) is 0 Å². The van der Waals surface area contributed by atoms with E-state index in [2.05, 4.69) is 20.9 Å². The van der Waals surface area contributed by atoms with Crippen LogP contribution in [0.1, 0.15) is 0 Å². The molecule has 0 fully saturated rings. The lowest BCUT2D eigenvalue weighted by Gasteiger charge is -1.94. The molecule has 0 bridgehead atoms. The summed E-state index contributed by atoms with van der Waals surface area (Å²) in [5, 5.41) is 0. The van der Waals surface area contributed by atoms with E-state index in [4.69, 9.17) is 4.42 Å². The fourth-order valence-electron chi connectivity index (χ4n) is 1.02. The minimum Gasteiger partial charge on any atom is -0.457 e. The van der Waals surface area contributed by atoms with Gasteiger partial charge in [0.2, 0.25) is 0 Å². The van der Waals surface area contributed by atoms with Crippen molar-refractivity contribution < 1.29 is 4.42 Å². The summed E-state index contributed by atoms with van der Waals surface area (Å²) in [5.74, 6) is 0. The molecule has 0 saturated carbocycles. The smallest absolute Gasteiger partial charge is 0.176 e. The first kappa shape index (κ1) is 7.55. The third-order valence-corrected chi connectivity index (χ3v) is 2.20. The fraction of sp³-hybridized carbons (Fsp3) is 0. The van der Waals surface area contributed by atoms with Crippen LogP contribution in [0.4, 0.5) is 0 Å². The first-order valence-corrected chi connectivity index (χ1v) is 4.30. The van der Waals surface area contributed by atoms with Crippen LogP contribution in [0.3, 0.4) is 0 Å². The molecule has 0 aliphatic rings. The van der Waals surface area contributed by atoms with Crippen molar-refractivity contribution in [3.05, 3.63) is 41.5 Å². The zero-order valence-corrected chi connectivity index (χ0v) is 7.78. The molecule has 2 aromatic heterocycles. The van der Waals surface area contributed by atoms with Gasteiger partial charge in [-0.15, -0.1) is 0 Å². The van der Waals surface area contributed by atoms with Crippen LogP contribution in [0.25, 0.3) is 11.1 Å². The first-order chi connectivity index (χ1) is 5.88. The molecular weight excluding hydrogens is 218 g/mol. The largest absolute Gasteiger partial charge is 0.457 e. The van der Waals surface area contributed by atoms with Gasteiger partial charge in [0.1, 0.15) is 0 Å². The van der Waals surface area contributed by atoms with Crippen molar-refractivity contribution in [3.63, 3.8) is 0 Å². The normalized spacial score (nSPS) is 10.1. The molecule has 3 heteroatoms. The summed E-state index contributed by atoms with van der Waals surface area (Å²) in [6.07, 6.45) is 5.19. The molecule has 12 heavy (non-hydrogen) atoms. The van der Waals surface area contributed by atoms with Crippen molar-refractivity contribution in [1.82, 2.24) is 4.98 Å². The summed E-state index contributed by atoms with van der Waals surface area (Å²) < 4.78 is 5.85. The molecule has 0 spiro atoms. The number of hydrogen-bond acceptors (Lipinski definition) is 2. The molecule has 0 radical (unpaired) electrons. The quantitative estimate of drug-likeness (QED) is 0.743. The maximum Gasteiger partial charge on any atom is 0.176 e. The summed E-state index contributed by atoms with van der Waals surface area (Å²) in [6.45, 7) is 0. The molecule has 0 amide bonds. The van der Waals surface area contributed by atoms with Crippen LogP contribution in [0.15, 0.2) is 45.9 Å². The molecule has 0 saturated heterocycles. The molecule has 2 heterocycles. The Kier molecular flexibility index (Phi) is 1.96. The van der Waals surface area contributed by atoms with Crippen LogP contribution < -0.4 is 0 Å². The monoisotopic (exact) mass is 223 g/mol. The van der Waals surface area contributed by atoms with Crippen molar-refractivity contribution in [2.75, 3.05) is 0 Å². The first-order valence-electron chi connectivity index (χ1n) is 3.51. The van der Waals surface area contributed by atoms with Gasteiger partial charge in [0.05, 0.1) is 6.26 Å². The molecule has 0 atom stereocenters. The van der Waals surface area contributed by atoms with Crippen molar-refractivity contribution in [2.24, 2.45) is 0 Å². The van der Waals surface area contributed by atoms with Crippen LogP contribution in [0.5, 0.6) is 0 Å². The highest BCUT2D eigenvalue weighted by molar-refractivity contribution is 9.10. The van der Waals surface area contributed by atoms with Gasteiger partial charge in [-0.25, -0.2) is 0 Å². The van der Waals surface area contributed by atoms with E-state index in [0.29, 0.717) is 0 Å². The Balaban J connectivity index is 2.51. The topological polar surface area (TPSA) is 26.0 Å². The van der Waals surface area contributed by atoms with Crippen LogP contribution in [-0.2, 0) is 0 Å². The van der Waals surface area contributed by atoms with Gasteiger partial charge in [0.25, 0.3) is 0 Å². The molecular formula is C9H6BrNO. The molecule has 0 aliphatic carbocycles. The Hall–Kier alpha value is -1.09. The summed E-state index contributed by atoms with van der Waals surface area (Å²) >= 11 is 3.31. The van der Waals surface area contributed by atoms with E-state index < -0.39 is 0 Å². The highest BCUT2D eigenvalue weighted by Gasteiger charge is 2.04. The van der Waals surface area contributed by atoms with E-state index in [1.54, 1.807) is 18.7 Å². The van der Waals surface area contributed by atoms with Gasteiger partial charge in [0, 0.05) is 23.5 Å². The molecule has 2 aromatic rings. The van der Waals surface area contributed by atoms with Crippen LogP contribution in [0.2, 0.25) is 0 Å². The summed E-state index contributed by atoms with van der Waals surface area (Å²) in [5.41, 5.74) is 2.08. The lowest BCUT2D eigenvalue weighted by molar-refractivity contribution is 0.542. The second-order valence-electron chi connectivity index (χ2n) is 2.35. The van der Waals surface area contributed by atoms with E-state index in [1.165, 1.54) is 0 Å². The third-order valence-electron chi connectivity index (χ3n) is 1.59. The predicted molar refractivity (Wildman–Crippen MR) is 49.6 cm³/mol. The fourth-order valence-corrected chi connectivity index (χ4v) is 1.49. The Morgan fingerprint density at radius 3 is 2.83 bits per heavy atom. The molecule has 2 nitrogen and oxygen atoms in total. The highest BCUT2D eigenvalue weighted by Crippen LogP contribution is 2.27. The molecule has 2 rings (SSSR count). The van der Waals surface area contributed by atoms with E-state index in [0.717, 1.165) is 15.8 Å². The second kappa shape index (κ2) is 3.11. The average molecular weight is 224 g/mol. The van der Waals surface area contributed by atoms with E-state index in [1.807, 2.05) is 18.2 Å². The maximum atomic E-state index is 5.11. The Morgan fingerprint density at radius 2 is 2.25 bits per heavy atom. The molecule has 0 aliphatic heterocycles. The Bertz CT molecular complexity index is 369. The second-order valence-corrected chi connectivity index (χ2v) is 3.07. The molecule has 0 aromatic carbocycles. The lowest BCUT2D eigenvalue weighted by atomic mass is 10.2. The molecule has 60 valence electrons. The number of halogens is 1. The Labute approximate surface area is 78.4 Å². The number of furan rings is 1. The van der Waals surface area contributed by atoms with Gasteiger partial charge in [-0.05, 0) is 28.1 Å². The van der Waals surface area contributed by atoms with Gasteiger partial charge in [-0.2, -0.15) is 0 Å². The third kappa shape index (κ3) is 1.28. The summed E-state index contributed by atoms with van der Waals surface area (Å²) in [4.78, 5) is 4.02. The van der Waals surface area contributed by atoms with E-state index >= 15 is 0 Å². The number of aromatic nitrogens is 1. The minimum absolute atomic E-state index is 0.746. The van der Waals surface area contributed by atoms with Gasteiger partial charge in [-0.1, -0.05) is 6.07 Å². The van der Waals surface area contributed by atoms with Crippen molar-refractivity contribution in [2.45, 2.75) is 0 Å². The van der Waals surface area contributed by atoms with Crippen LogP contribution in [0, 0.1) is 0 Å². The van der Waals surface area contributed by atoms with Gasteiger partial charge < -0.3 is 4.42 Å². The lowest BCUT2D eigenvalue weighted by Crippen LogP contribution is -1.75. The van der Waals surface area contributed by atoms with Gasteiger partial charge in [-0.3, -0.25) is 4.98 Å². The van der Waals surface area contributed by atoms with E-state index in [9.17, 15) is 0 Å². The average Bonchev–Trinajstić information content (AvgIpc) is 2.53. The predicted octanol–water partition coefficient (Wildman–Crippen LogP) is 3.10. The number of pyridine rings is 1. The highest BCUT2D eigenvalue weighted by atomic mass is 79.9. The van der Waals surface area contributed by atoms with Gasteiger partial charge in [0.15, 0.2) is 4.67 Å². The number of rotatable bonds is 1. The molecule has 0 unspecified atom stereocenters. The van der Waals surface area contributed by atoms with E-state index in [-0.39, 0.29) is 0 Å². The number of nitrogens with zero attached hydrogens (tertiary/aromatic N) is 1. The zero-order chi connectivity index (χ0) is 8.39. The van der Waals surface area contributed by atoms with Crippen LogP contribution >= 0.6 is 15.9 Å². The van der Waals surface area contributed by atoms with Crippen LogP contribution in [-0.4, -0.2) is 4.98 Å². The van der Waals surface area contributed by atoms with Gasteiger partial charge >= 0.3 is 0 Å². The van der Waals surface area contributed by atoms with Crippen molar-refractivity contribution >= 4 is 15.9 Å². The SMILES string of the molecule is Brc1occc1-c1cccnc1. The number of hydrogen-bond donors (Lipinski definition) is 0. The summed E-state index contributed by atoms with van der Waals surface area (Å²) in [6, 6.07) is 5.79. The summed E-state index contributed by atoms with van der Waals surface area (Å²) in [7, 11) is 0. The standard InChI is InChI=1S/C9H6BrNO/c10-9-8(3-5-12-9)7-2-1-4-11-6-7/h1-6H. The molecule has 0 N–H and O–H groups in total. The Morgan fingerprint density at radius 1 is 1.33 bits per heavy atom. The minimum atomic E-state index is 0.746.